The van der Waals surface area contributed by atoms with Crippen LogP contribution in [0.4, 0.5) is 5.82 Å². The van der Waals surface area contributed by atoms with Crippen LogP contribution in [0.5, 0.6) is 0 Å². The lowest BCUT2D eigenvalue weighted by atomic mass is 10.1. The number of hydrogen-bond donors (Lipinski definition) is 1. The highest BCUT2D eigenvalue weighted by molar-refractivity contribution is 6.43. The molecule has 146 valence electrons. The van der Waals surface area contributed by atoms with E-state index in [1.807, 2.05) is 6.07 Å². The van der Waals surface area contributed by atoms with Crippen LogP contribution in [0.2, 0.25) is 10.0 Å². The fraction of sp³-hybridized carbons (Fsp3) is 0.105. The van der Waals surface area contributed by atoms with Gasteiger partial charge in [-0.3, -0.25) is 19.3 Å². The van der Waals surface area contributed by atoms with Crippen LogP contribution in [-0.4, -0.2) is 39.2 Å². The van der Waals surface area contributed by atoms with E-state index >= 15 is 0 Å². The monoisotopic (exact) mass is 430 g/mol. The number of rotatable bonds is 4. The summed E-state index contributed by atoms with van der Waals surface area (Å²) >= 11 is 11.8. The maximum absolute atomic E-state index is 12.4. The second-order valence-electron chi connectivity index (χ2n) is 6.21. The van der Waals surface area contributed by atoms with Gasteiger partial charge in [0.05, 0.1) is 26.7 Å². The molecule has 0 saturated heterocycles. The highest BCUT2D eigenvalue weighted by atomic mass is 35.5. The van der Waals surface area contributed by atoms with Crippen molar-refractivity contribution in [3.05, 3.63) is 63.4 Å². The van der Waals surface area contributed by atoms with Gasteiger partial charge >= 0.3 is 5.97 Å². The van der Waals surface area contributed by atoms with E-state index in [0.717, 1.165) is 4.90 Å². The van der Waals surface area contributed by atoms with E-state index in [1.54, 1.807) is 18.2 Å². The average Bonchev–Trinajstić information content (AvgIpc) is 2.91. The Bertz CT molecular complexity index is 1160. The number of carbonyl (C=O) groups is 3. The van der Waals surface area contributed by atoms with E-state index in [4.69, 9.17) is 33.7 Å². The SMILES string of the molecule is Nc1nc(COC(=O)CN2C(=O)c3cc(Cl)c(Cl)cc3C2=O)nc2ccccc12. The zero-order chi connectivity index (χ0) is 20.7. The Kier molecular flexibility index (Phi) is 4.81. The Morgan fingerprint density at radius 2 is 1.66 bits per heavy atom. The third-order valence-electron chi connectivity index (χ3n) is 4.34. The summed E-state index contributed by atoms with van der Waals surface area (Å²) < 4.78 is 5.12. The predicted octanol–water partition coefficient (Wildman–Crippen LogP) is 2.86. The summed E-state index contributed by atoms with van der Waals surface area (Å²) in [5.41, 5.74) is 6.68. The molecule has 0 bridgehead atoms. The second kappa shape index (κ2) is 7.31. The van der Waals surface area contributed by atoms with Gasteiger partial charge in [-0.05, 0) is 24.3 Å². The van der Waals surface area contributed by atoms with E-state index in [-0.39, 0.29) is 39.4 Å². The van der Waals surface area contributed by atoms with Crippen LogP contribution in [0, 0.1) is 0 Å². The van der Waals surface area contributed by atoms with E-state index < -0.39 is 24.3 Å². The van der Waals surface area contributed by atoms with E-state index in [1.165, 1.54) is 12.1 Å². The lowest BCUT2D eigenvalue weighted by Gasteiger charge is -2.13. The molecule has 2 N–H and O–H groups in total. The number of carbonyl (C=O) groups excluding carboxylic acids is 3. The fourth-order valence-corrected chi connectivity index (χ4v) is 3.29. The Morgan fingerprint density at radius 3 is 2.31 bits per heavy atom. The highest BCUT2D eigenvalue weighted by Gasteiger charge is 2.37. The number of benzene rings is 2. The average molecular weight is 431 g/mol. The van der Waals surface area contributed by atoms with Crippen LogP contribution in [0.3, 0.4) is 0 Å². The van der Waals surface area contributed by atoms with Gasteiger partial charge in [-0.2, -0.15) is 0 Å². The number of anilines is 1. The molecule has 29 heavy (non-hydrogen) atoms. The first-order chi connectivity index (χ1) is 13.8. The topological polar surface area (TPSA) is 115 Å². The minimum absolute atomic E-state index is 0.0860. The molecule has 2 amide bonds. The molecule has 0 atom stereocenters. The van der Waals surface area contributed by atoms with Crippen LogP contribution in [-0.2, 0) is 16.1 Å². The Balaban J connectivity index is 1.45. The van der Waals surface area contributed by atoms with Gasteiger partial charge in [-0.1, -0.05) is 35.3 Å². The number of aromatic nitrogens is 2. The lowest BCUT2D eigenvalue weighted by molar-refractivity contribution is -0.145. The predicted molar refractivity (Wildman–Crippen MR) is 106 cm³/mol. The summed E-state index contributed by atoms with van der Waals surface area (Å²) in [4.78, 5) is 46.2. The molecule has 10 heteroatoms. The summed E-state index contributed by atoms with van der Waals surface area (Å²) in [5.74, 6) is -1.63. The van der Waals surface area contributed by atoms with Crippen LogP contribution < -0.4 is 5.73 Å². The molecule has 0 aliphatic carbocycles. The lowest BCUT2D eigenvalue weighted by Crippen LogP contribution is -2.35. The number of amides is 2. The first-order valence-corrected chi connectivity index (χ1v) is 9.12. The number of nitrogens with two attached hydrogens (primary N) is 1. The number of imide groups is 1. The highest BCUT2D eigenvalue weighted by Crippen LogP contribution is 2.31. The van der Waals surface area contributed by atoms with Crippen LogP contribution in [0.25, 0.3) is 10.9 Å². The third kappa shape index (κ3) is 3.48. The van der Waals surface area contributed by atoms with E-state index in [0.29, 0.717) is 10.9 Å². The zero-order valence-corrected chi connectivity index (χ0v) is 16.2. The molecule has 1 aromatic heterocycles. The zero-order valence-electron chi connectivity index (χ0n) is 14.7. The molecule has 0 fully saturated rings. The van der Waals surface area contributed by atoms with E-state index in [9.17, 15) is 14.4 Å². The quantitative estimate of drug-likeness (QED) is 0.499. The molecule has 4 rings (SSSR count). The minimum Gasteiger partial charge on any atom is -0.456 e. The van der Waals surface area contributed by atoms with Crippen molar-refractivity contribution in [3.63, 3.8) is 0 Å². The molecule has 8 nitrogen and oxygen atoms in total. The van der Waals surface area contributed by atoms with Crippen molar-refractivity contribution in [2.75, 3.05) is 12.3 Å². The van der Waals surface area contributed by atoms with Crippen molar-refractivity contribution in [1.82, 2.24) is 14.9 Å². The van der Waals surface area contributed by atoms with Gasteiger partial charge in [0.15, 0.2) is 12.4 Å². The summed E-state index contributed by atoms with van der Waals surface area (Å²) in [6, 6.07) is 9.75. The maximum Gasteiger partial charge on any atom is 0.326 e. The van der Waals surface area contributed by atoms with Gasteiger partial charge in [0, 0.05) is 5.39 Å². The number of nitrogen functional groups attached to an aromatic ring is 1. The Morgan fingerprint density at radius 1 is 1.03 bits per heavy atom. The minimum atomic E-state index is -0.799. The molecule has 2 aromatic carbocycles. The van der Waals surface area contributed by atoms with Crippen molar-refractivity contribution < 1.29 is 19.1 Å². The number of para-hydroxylation sites is 1. The number of nitrogens with zero attached hydrogens (tertiary/aromatic N) is 3. The second-order valence-corrected chi connectivity index (χ2v) is 7.03. The number of halogens is 2. The summed E-state index contributed by atoms with van der Waals surface area (Å²) in [5, 5.41) is 0.968. The molecule has 0 spiro atoms. The van der Waals surface area contributed by atoms with Crippen molar-refractivity contribution in [3.8, 4) is 0 Å². The fourth-order valence-electron chi connectivity index (χ4n) is 2.96. The number of esters is 1. The molecule has 2 heterocycles. The Labute approximate surface area is 174 Å². The molecular weight excluding hydrogens is 419 g/mol. The molecule has 3 aromatic rings. The molecular formula is C19H12Cl2N4O4. The van der Waals surface area contributed by atoms with Crippen LogP contribution in [0.1, 0.15) is 26.5 Å². The summed E-state index contributed by atoms with van der Waals surface area (Å²) in [6.07, 6.45) is 0. The van der Waals surface area contributed by atoms with Crippen molar-refractivity contribution in [2.45, 2.75) is 6.61 Å². The number of hydrogen-bond acceptors (Lipinski definition) is 7. The first-order valence-electron chi connectivity index (χ1n) is 8.37. The van der Waals surface area contributed by atoms with Gasteiger partial charge in [-0.15, -0.1) is 0 Å². The standard InChI is InChI=1S/C19H12Cl2N4O4/c20-12-5-10-11(6-13(12)21)19(28)25(18(10)27)7-16(26)29-8-15-23-14-4-2-1-3-9(14)17(22)24-15/h1-6H,7-8H2,(H2,22,23,24). The van der Waals surface area contributed by atoms with Gasteiger partial charge in [0.25, 0.3) is 11.8 Å². The van der Waals surface area contributed by atoms with Crippen molar-refractivity contribution in [1.29, 1.82) is 0 Å². The third-order valence-corrected chi connectivity index (χ3v) is 5.06. The number of ether oxygens (including phenoxy) is 1. The molecule has 0 saturated carbocycles. The summed E-state index contributed by atoms with van der Waals surface area (Å²) in [7, 11) is 0. The van der Waals surface area contributed by atoms with E-state index in [2.05, 4.69) is 9.97 Å². The maximum atomic E-state index is 12.4. The van der Waals surface area contributed by atoms with Gasteiger partial charge in [-0.25, -0.2) is 9.97 Å². The molecule has 1 aliphatic rings. The van der Waals surface area contributed by atoms with Crippen LogP contribution in [0.15, 0.2) is 36.4 Å². The largest absolute Gasteiger partial charge is 0.456 e. The van der Waals surface area contributed by atoms with Gasteiger partial charge in [0.1, 0.15) is 12.4 Å². The van der Waals surface area contributed by atoms with Crippen molar-refractivity contribution in [2.24, 2.45) is 0 Å². The van der Waals surface area contributed by atoms with Gasteiger partial charge < -0.3 is 10.5 Å². The Hall–Kier alpha value is -3.23. The molecule has 0 radical (unpaired) electrons. The van der Waals surface area contributed by atoms with Crippen LogP contribution >= 0.6 is 23.2 Å². The van der Waals surface area contributed by atoms with Gasteiger partial charge in [0.2, 0.25) is 0 Å². The smallest absolute Gasteiger partial charge is 0.326 e. The summed E-state index contributed by atoms with van der Waals surface area (Å²) in [6.45, 7) is -0.820. The molecule has 1 aliphatic heterocycles. The first kappa shape index (κ1) is 19.1. The van der Waals surface area contributed by atoms with Crippen molar-refractivity contribution >= 4 is 57.7 Å². The number of fused-ring (bicyclic) bond motifs is 2. The normalized spacial score (nSPS) is 13.1. The molecule has 0 unspecified atom stereocenters.